The van der Waals surface area contributed by atoms with Gasteiger partial charge in [-0.2, -0.15) is 0 Å². The summed E-state index contributed by atoms with van der Waals surface area (Å²) in [7, 11) is 0. The quantitative estimate of drug-likeness (QED) is 0.123. The molecule has 32 heavy (non-hydrogen) atoms. The van der Waals surface area contributed by atoms with Crippen LogP contribution in [0.1, 0.15) is 15.9 Å². The van der Waals surface area contributed by atoms with Crippen LogP contribution >= 0.6 is 0 Å². The Kier molecular flexibility index (Phi) is 6.87. The summed E-state index contributed by atoms with van der Waals surface area (Å²) in [5.41, 5.74) is -0.0673. The van der Waals surface area contributed by atoms with E-state index in [2.05, 4.69) is 0 Å². The van der Waals surface area contributed by atoms with Gasteiger partial charge in [0.1, 0.15) is 41.5 Å². The number of carbonyl (C=O) groups excluding carboxylic acids is 1. The van der Waals surface area contributed by atoms with Crippen molar-refractivity contribution in [3.63, 3.8) is 0 Å². The SMILES string of the molecule is O=C(C=Cc1ccc(O)cc1)c1c(O)cc(O)c(O)c1OC1OC(CO)C(O)C(O)C1O. The topological polar surface area (TPSA) is 197 Å². The van der Waals surface area contributed by atoms with Gasteiger partial charge in [0.05, 0.1) is 6.61 Å². The smallest absolute Gasteiger partial charge is 0.229 e. The van der Waals surface area contributed by atoms with Gasteiger partial charge in [0, 0.05) is 6.07 Å². The van der Waals surface area contributed by atoms with Gasteiger partial charge in [-0.3, -0.25) is 4.79 Å². The van der Waals surface area contributed by atoms with Gasteiger partial charge < -0.3 is 50.3 Å². The minimum atomic E-state index is -1.87. The van der Waals surface area contributed by atoms with Crippen LogP contribution in [0.4, 0.5) is 0 Å². The van der Waals surface area contributed by atoms with Crippen LogP contribution in [-0.2, 0) is 4.74 Å². The van der Waals surface area contributed by atoms with Crippen LogP contribution in [0.3, 0.4) is 0 Å². The third-order valence-electron chi connectivity index (χ3n) is 4.86. The zero-order valence-electron chi connectivity index (χ0n) is 16.4. The van der Waals surface area contributed by atoms with Crippen LogP contribution in [0.5, 0.6) is 28.7 Å². The highest BCUT2D eigenvalue weighted by Crippen LogP contribution is 2.45. The molecule has 0 spiro atoms. The van der Waals surface area contributed by atoms with Crippen molar-refractivity contribution in [2.75, 3.05) is 6.61 Å². The highest BCUT2D eigenvalue weighted by Gasteiger charge is 2.45. The predicted octanol–water partition coefficient (Wildman–Crippen LogP) is -0.416. The summed E-state index contributed by atoms with van der Waals surface area (Å²) in [6.07, 6.45) is -6.08. The molecular formula is C21H22O11. The number of rotatable bonds is 6. The number of phenols is 4. The fourth-order valence-corrected chi connectivity index (χ4v) is 3.10. The molecule has 172 valence electrons. The molecule has 0 amide bonds. The van der Waals surface area contributed by atoms with Crippen LogP contribution in [0, 0.1) is 0 Å². The second-order valence-corrected chi connectivity index (χ2v) is 7.07. The van der Waals surface area contributed by atoms with E-state index in [0.29, 0.717) is 11.6 Å². The standard InChI is InChI=1S/C21H22O11/c22-8-14-17(28)18(29)19(30)21(31-14)32-20-15(12(25)7-13(26)16(20)27)11(24)6-3-9-1-4-10(23)5-2-9/h1-7,14,17-19,21-23,25-30H,8H2. The van der Waals surface area contributed by atoms with Crippen molar-refractivity contribution in [3.05, 3.63) is 47.5 Å². The summed E-state index contributed by atoms with van der Waals surface area (Å²) in [4.78, 5) is 12.7. The fraction of sp³-hybridized carbons (Fsp3) is 0.286. The highest BCUT2D eigenvalue weighted by atomic mass is 16.7. The molecule has 0 aliphatic carbocycles. The molecule has 1 heterocycles. The van der Waals surface area contributed by atoms with E-state index >= 15 is 0 Å². The number of ketones is 1. The second kappa shape index (κ2) is 9.42. The van der Waals surface area contributed by atoms with Crippen LogP contribution in [0.25, 0.3) is 6.08 Å². The van der Waals surface area contributed by atoms with Crippen molar-refractivity contribution in [1.29, 1.82) is 0 Å². The summed E-state index contributed by atoms with van der Waals surface area (Å²) in [6.45, 7) is -0.747. The lowest BCUT2D eigenvalue weighted by atomic mass is 9.99. The van der Waals surface area contributed by atoms with Gasteiger partial charge in [-0.05, 0) is 23.8 Å². The van der Waals surface area contributed by atoms with Crippen molar-refractivity contribution in [2.24, 2.45) is 0 Å². The van der Waals surface area contributed by atoms with Crippen LogP contribution in [0.15, 0.2) is 36.4 Å². The normalized spacial score (nSPS) is 25.7. The molecular weight excluding hydrogens is 428 g/mol. The van der Waals surface area contributed by atoms with Crippen molar-refractivity contribution >= 4 is 11.9 Å². The Labute approximate surface area is 181 Å². The van der Waals surface area contributed by atoms with E-state index in [1.807, 2.05) is 0 Å². The average molecular weight is 450 g/mol. The molecule has 0 aromatic heterocycles. The van der Waals surface area contributed by atoms with Crippen molar-refractivity contribution in [1.82, 2.24) is 0 Å². The number of allylic oxidation sites excluding steroid dienone is 1. The minimum absolute atomic E-state index is 0.0183. The van der Waals surface area contributed by atoms with E-state index in [-0.39, 0.29) is 5.75 Å². The van der Waals surface area contributed by atoms with Crippen LogP contribution < -0.4 is 4.74 Å². The maximum Gasteiger partial charge on any atom is 0.229 e. The van der Waals surface area contributed by atoms with E-state index in [1.165, 1.54) is 30.3 Å². The van der Waals surface area contributed by atoms with Gasteiger partial charge in [-0.25, -0.2) is 0 Å². The summed E-state index contributed by atoms with van der Waals surface area (Å²) in [5, 5.41) is 78.8. The maximum absolute atomic E-state index is 12.7. The van der Waals surface area contributed by atoms with Gasteiger partial charge in [-0.15, -0.1) is 0 Å². The third kappa shape index (κ3) is 4.61. The number of benzene rings is 2. The van der Waals surface area contributed by atoms with Crippen LogP contribution in [0.2, 0.25) is 0 Å². The van der Waals surface area contributed by atoms with E-state index < -0.39 is 71.7 Å². The molecule has 0 saturated carbocycles. The Balaban J connectivity index is 1.95. The van der Waals surface area contributed by atoms with E-state index in [0.717, 1.165) is 6.08 Å². The van der Waals surface area contributed by atoms with Crippen LogP contribution in [-0.4, -0.2) is 83.9 Å². The molecule has 1 fully saturated rings. The zero-order valence-corrected chi connectivity index (χ0v) is 16.4. The fourth-order valence-electron chi connectivity index (χ4n) is 3.10. The monoisotopic (exact) mass is 450 g/mol. The molecule has 2 aromatic carbocycles. The summed E-state index contributed by atoms with van der Waals surface area (Å²) < 4.78 is 10.5. The van der Waals surface area contributed by atoms with Gasteiger partial charge in [0.2, 0.25) is 12.0 Å². The molecule has 1 aliphatic heterocycles. The zero-order chi connectivity index (χ0) is 23.6. The summed E-state index contributed by atoms with van der Waals surface area (Å²) in [5.74, 6) is -4.18. The van der Waals surface area contributed by atoms with Gasteiger partial charge in [0.15, 0.2) is 17.3 Å². The molecule has 5 atom stereocenters. The Hall–Kier alpha value is -3.35. The lowest BCUT2D eigenvalue weighted by Crippen LogP contribution is -2.60. The van der Waals surface area contributed by atoms with Gasteiger partial charge in [-0.1, -0.05) is 18.2 Å². The Morgan fingerprint density at radius 1 is 0.969 bits per heavy atom. The lowest BCUT2D eigenvalue weighted by Gasteiger charge is -2.39. The first-order valence-corrected chi connectivity index (χ1v) is 9.40. The maximum atomic E-state index is 12.7. The number of carbonyl (C=O) groups is 1. The Morgan fingerprint density at radius 2 is 1.62 bits per heavy atom. The van der Waals surface area contributed by atoms with E-state index in [4.69, 9.17) is 9.47 Å². The summed E-state index contributed by atoms with van der Waals surface area (Å²) in [6, 6.07) is 6.51. The second-order valence-electron chi connectivity index (χ2n) is 7.07. The summed E-state index contributed by atoms with van der Waals surface area (Å²) >= 11 is 0. The van der Waals surface area contributed by atoms with E-state index in [1.54, 1.807) is 0 Å². The number of aromatic hydroxyl groups is 4. The molecule has 0 bridgehead atoms. The van der Waals surface area contributed by atoms with Crippen molar-refractivity contribution < 1.29 is 55.1 Å². The van der Waals surface area contributed by atoms with Crippen molar-refractivity contribution in [2.45, 2.75) is 30.7 Å². The number of aliphatic hydroxyl groups is 4. The lowest BCUT2D eigenvalue weighted by molar-refractivity contribution is -0.277. The minimum Gasteiger partial charge on any atom is -0.508 e. The highest BCUT2D eigenvalue weighted by molar-refractivity contribution is 6.11. The third-order valence-corrected chi connectivity index (χ3v) is 4.86. The van der Waals surface area contributed by atoms with Crippen molar-refractivity contribution in [3.8, 4) is 28.7 Å². The predicted molar refractivity (Wildman–Crippen MR) is 107 cm³/mol. The molecule has 11 nitrogen and oxygen atoms in total. The number of hydrogen-bond donors (Lipinski definition) is 8. The molecule has 5 unspecified atom stereocenters. The number of phenolic OH excluding ortho intramolecular Hbond substituents is 4. The number of aliphatic hydroxyl groups excluding tert-OH is 4. The van der Waals surface area contributed by atoms with Gasteiger partial charge in [0.25, 0.3) is 0 Å². The number of ether oxygens (including phenoxy) is 2. The Morgan fingerprint density at radius 3 is 2.25 bits per heavy atom. The first kappa shape index (κ1) is 23.3. The largest absolute Gasteiger partial charge is 0.508 e. The molecule has 0 radical (unpaired) electrons. The molecule has 8 N–H and O–H groups in total. The molecule has 2 aromatic rings. The first-order valence-electron chi connectivity index (χ1n) is 9.40. The van der Waals surface area contributed by atoms with E-state index in [9.17, 15) is 45.6 Å². The van der Waals surface area contributed by atoms with Gasteiger partial charge >= 0.3 is 0 Å². The molecule has 3 rings (SSSR count). The average Bonchev–Trinajstić information content (AvgIpc) is 2.76. The molecule has 1 aliphatic rings. The molecule has 11 heteroatoms. The first-order chi connectivity index (χ1) is 15.1. The number of hydrogen-bond acceptors (Lipinski definition) is 11. The molecule has 1 saturated heterocycles. The Bertz CT molecular complexity index is 1000.